The van der Waals surface area contributed by atoms with Crippen LogP contribution in [-0.2, 0) is 0 Å². The molecule has 10 rings (SSSR count). The highest BCUT2D eigenvalue weighted by Crippen LogP contribution is 2.50. The number of aromatic nitrogens is 1. The van der Waals surface area contributed by atoms with E-state index in [0.717, 1.165) is 0 Å². The summed E-state index contributed by atoms with van der Waals surface area (Å²) in [5.41, 5.74) is 13.7. The van der Waals surface area contributed by atoms with Crippen LogP contribution < -0.4 is 0 Å². The predicted molar refractivity (Wildman–Crippen MR) is 204 cm³/mol. The molecule has 0 bridgehead atoms. The van der Waals surface area contributed by atoms with Crippen LogP contribution in [0.15, 0.2) is 186 Å². The summed E-state index contributed by atoms with van der Waals surface area (Å²) in [6.07, 6.45) is 0. The maximum absolute atomic E-state index is 2.39. The number of rotatable bonds is 4. The Bertz CT molecular complexity index is 2690. The SMILES string of the molecule is c1ccc(-c2ccc3c4c(cccc24)-c2cc(-c4cccc(-c5ccc6c(c5)c5ccccc5n6-c5ccccc5)c4)ccc2S3)cc1. The zero-order valence-electron chi connectivity index (χ0n) is 26.1. The molecule has 1 aromatic heterocycles. The summed E-state index contributed by atoms with van der Waals surface area (Å²) in [5, 5.41) is 5.20. The third kappa shape index (κ3) is 4.27. The van der Waals surface area contributed by atoms with Gasteiger partial charge in [-0.15, -0.1) is 0 Å². The van der Waals surface area contributed by atoms with Crippen LogP contribution in [-0.4, -0.2) is 4.57 Å². The van der Waals surface area contributed by atoms with Gasteiger partial charge in [0.25, 0.3) is 0 Å². The van der Waals surface area contributed by atoms with E-state index in [4.69, 9.17) is 0 Å². The van der Waals surface area contributed by atoms with Gasteiger partial charge in [0.1, 0.15) is 0 Å². The average molecular weight is 628 g/mol. The fourth-order valence-electron chi connectivity index (χ4n) is 7.57. The zero-order valence-corrected chi connectivity index (χ0v) is 26.9. The van der Waals surface area contributed by atoms with Crippen molar-refractivity contribution in [1.29, 1.82) is 0 Å². The minimum absolute atomic E-state index is 1.18. The van der Waals surface area contributed by atoms with Gasteiger partial charge in [-0.1, -0.05) is 133 Å². The van der Waals surface area contributed by atoms with Gasteiger partial charge in [-0.05, 0) is 104 Å². The quantitative estimate of drug-likeness (QED) is 0.188. The fourth-order valence-corrected chi connectivity index (χ4v) is 8.68. The lowest BCUT2D eigenvalue weighted by molar-refractivity contribution is 1.18. The lowest BCUT2D eigenvalue weighted by Crippen LogP contribution is -1.95. The molecule has 0 saturated heterocycles. The predicted octanol–water partition coefficient (Wildman–Crippen LogP) is 13.1. The van der Waals surface area contributed by atoms with Crippen LogP contribution in [0.1, 0.15) is 0 Å². The minimum Gasteiger partial charge on any atom is -0.309 e. The summed E-state index contributed by atoms with van der Waals surface area (Å²) in [4.78, 5) is 2.63. The molecule has 1 aliphatic rings. The Kier molecular flexibility index (Phi) is 6.18. The van der Waals surface area contributed by atoms with Crippen molar-refractivity contribution < 1.29 is 0 Å². The van der Waals surface area contributed by atoms with Crippen LogP contribution in [0.2, 0.25) is 0 Å². The molecule has 0 amide bonds. The Morgan fingerprint density at radius 2 is 0.958 bits per heavy atom. The number of para-hydroxylation sites is 2. The van der Waals surface area contributed by atoms with Gasteiger partial charge in [0.2, 0.25) is 0 Å². The Morgan fingerprint density at radius 3 is 1.81 bits per heavy atom. The van der Waals surface area contributed by atoms with Gasteiger partial charge in [-0.3, -0.25) is 0 Å². The van der Waals surface area contributed by atoms with E-state index >= 15 is 0 Å². The fraction of sp³-hybridized carbons (Fsp3) is 0. The van der Waals surface area contributed by atoms with E-state index in [-0.39, 0.29) is 0 Å². The molecule has 1 nitrogen and oxygen atoms in total. The first-order valence-electron chi connectivity index (χ1n) is 16.4. The van der Waals surface area contributed by atoms with Crippen LogP contribution in [0.4, 0.5) is 0 Å². The summed E-state index contributed by atoms with van der Waals surface area (Å²) < 4.78 is 2.37. The smallest absolute Gasteiger partial charge is 0.0541 e. The van der Waals surface area contributed by atoms with Crippen LogP contribution in [0.5, 0.6) is 0 Å². The molecule has 0 saturated carbocycles. The molecular weight excluding hydrogens is 599 g/mol. The largest absolute Gasteiger partial charge is 0.309 e. The van der Waals surface area contributed by atoms with Crippen LogP contribution >= 0.6 is 11.8 Å². The van der Waals surface area contributed by atoms with Crippen molar-refractivity contribution in [3.8, 4) is 50.2 Å². The molecule has 2 heteroatoms. The Labute approximate surface area is 283 Å². The second kappa shape index (κ2) is 10.9. The lowest BCUT2D eigenvalue weighted by Gasteiger charge is -2.22. The molecule has 0 radical (unpaired) electrons. The summed E-state index contributed by atoms with van der Waals surface area (Å²) in [7, 11) is 0. The first-order valence-corrected chi connectivity index (χ1v) is 17.2. The molecule has 224 valence electrons. The van der Waals surface area contributed by atoms with E-state index in [1.165, 1.54) is 92.6 Å². The monoisotopic (exact) mass is 627 g/mol. The normalized spacial score (nSPS) is 12.1. The van der Waals surface area contributed by atoms with Crippen molar-refractivity contribution in [2.45, 2.75) is 9.79 Å². The minimum atomic E-state index is 1.18. The number of hydrogen-bond donors (Lipinski definition) is 0. The molecule has 0 spiro atoms. The van der Waals surface area contributed by atoms with Crippen molar-refractivity contribution >= 4 is 44.3 Å². The van der Waals surface area contributed by atoms with Gasteiger partial charge in [-0.2, -0.15) is 0 Å². The first-order chi connectivity index (χ1) is 23.8. The highest BCUT2D eigenvalue weighted by Gasteiger charge is 2.21. The van der Waals surface area contributed by atoms with Gasteiger partial charge in [0, 0.05) is 31.6 Å². The standard InChI is InChI=1S/C46H29NS/c1-3-11-30(12-4-1)36-23-26-45-46-38(36)18-10-19-39(46)41-29-34(22-25-44(41)48-45)32-14-9-13-31(27-32)33-21-24-43-40(28-33)37-17-7-8-20-42(37)47(43)35-15-5-2-6-16-35/h1-29H. The average Bonchev–Trinajstić information content (AvgIpc) is 3.49. The van der Waals surface area contributed by atoms with Crippen LogP contribution in [0.25, 0.3) is 82.8 Å². The summed E-state index contributed by atoms with van der Waals surface area (Å²) in [6, 6.07) is 64.4. The molecule has 0 atom stereocenters. The second-order valence-electron chi connectivity index (χ2n) is 12.5. The van der Waals surface area contributed by atoms with Crippen molar-refractivity contribution in [3.05, 3.63) is 176 Å². The van der Waals surface area contributed by atoms with E-state index in [1.54, 1.807) is 0 Å². The highest BCUT2D eigenvalue weighted by atomic mass is 32.2. The van der Waals surface area contributed by atoms with E-state index in [2.05, 4.69) is 180 Å². The molecule has 0 aliphatic carbocycles. The molecular formula is C46H29NS. The first kappa shape index (κ1) is 27.3. The van der Waals surface area contributed by atoms with Crippen LogP contribution in [0, 0.1) is 0 Å². The number of fused-ring (bicyclic) bond motifs is 5. The molecule has 0 N–H and O–H groups in total. The number of nitrogens with zero attached hydrogens (tertiary/aromatic N) is 1. The van der Waals surface area contributed by atoms with Gasteiger partial charge in [0.05, 0.1) is 11.0 Å². The summed E-state index contributed by atoms with van der Waals surface area (Å²) >= 11 is 1.88. The maximum Gasteiger partial charge on any atom is 0.0541 e. The van der Waals surface area contributed by atoms with Crippen molar-refractivity contribution in [2.75, 3.05) is 0 Å². The number of hydrogen-bond acceptors (Lipinski definition) is 1. The molecule has 48 heavy (non-hydrogen) atoms. The van der Waals surface area contributed by atoms with Crippen molar-refractivity contribution in [1.82, 2.24) is 4.57 Å². The Balaban J connectivity index is 1.08. The topological polar surface area (TPSA) is 4.93 Å². The molecule has 9 aromatic rings. The van der Waals surface area contributed by atoms with E-state index in [0.29, 0.717) is 0 Å². The summed E-state index contributed by atoms with van der Waals surface area (Å²) in [5.74, 6) is 0. The van der Waals surface area contributed by atoms with E-state index in [9.17, 15) is 0 Å². The van der Waals surface area contributed by atoms with Gasteiger partial charge in [-0.25, -0.2) is 0 Å². The molecule has 2 heterocycles. The maximum atomic E-state index is 2.39. The highest BCUT2D eigenvalue weighted by molar-refractivity contribution is 7.99. The molecule has 8 aromatic carbocycles. The van der Waals surface area contributed by atoms with Crippen LogP contribution in [0.3, 0.4) is 0 Å². The molecule has 0 fully saturated rings. The number of benzene rings is 8. The molecule has 1 aliphatic heterocycles. The second-order valence-corrected chi connectivity index (χ2v) is 13.6. The van der Waals surface area contributed by atoms with Crippen molar-refractivity contribution in [3.63, 3.8) is 0 Å². The Morgan fingerprint density at radius 1 is 0.333 bits per heavy atom. The summed E-state index contributed by atoms with van der Waals surface area (Å²) in [6.45, 7) is 0. The zero-order chi connectivity index (χ0) is 31.6. The van der Waals surface area contributed by atoms with Crippen molar-refractivity contribution in [2.24, 2.45) is 0 Å². The Hall–Kier alpha value is -5.83. The third-order valence-electron chi connectivity index (χ3n) is 9.79. The third-order valence-corrected chi connectivity index (χ3v) is 10.9. The van der Waals surface area contributed by atoms with Gasteiger partial charge >= 0.3 is 0 Å². The molecule has 0 unspecified atom stereocenters. The van der Waals surface area contributed by atoms with Gasteiger partial charge in [0.15, 0.2) is 0 Å². The van der Waals surface area contributed by atoms with E-state index < -0.39 is 0 Å². The van der Waals surface area contributed by atoms with E-state index in [1.807, 2.05) is 11.8 Å². The lowest BCUT2D eigenvalue weighted by atomic mass is 9.91. The van der Waals surface area contributed by atoms with Gasteiger partial charge < -0.3 is 4.57 Å².